The highest BCUT2D eigenvalue weighted by molar-refractivity contribution is 14.0. The molecule has 1 aliphatic carbocycles. The lowest BCUT2D eigenvalue weighted by Gasteiger charge is -2.47. The smallest absolute Gasteiger partial charge is 0.224 e. The van der Waals surface area contributed by atoms with Crippen LogP contribution >= 0.6 is 24.0 Å². The van der Waals surface area contributed by atoms with Crippen molar-refractivity contribution in [2.45, 2.75) is 70.8 Å². The Hall–Kier alpha value is -0.610. The minimum atomic E-state index is 0. The number of nitrogens with one attached hydrogen (secondary N) is 2. The molecule has 1 saturated carbocycles. The zero-order chi connectivity index (χ0) is 21.2. The third-order valence-electron chi connectivity index (χ3n) is 6.98. The third kappa shape index (κ3) is 8.03. The average Bonchev–Trinajstić information content (AvgIpc) is 2.78. The van der Waals surface area contributed by atoms with Crippen LogP contribution in [-0.2, 0) is 9.53 Å². The molecular formula is C23H44IN5O2. The summed E-state index contributed by atoms with van der Waals surface area (Å²) >= 11 is 0. The minimum absolute atomic E-state index is 0. The number of carbonyl (C=O) groups is 1. The molecule has 2 N–H and O–H groups in total. The molecule has 31 heavy (non-hydrogen) atoms. The molecule has 3 rings (SSSR count). The normalized spacial score (nSPS) is 24.9. The quantitative estimate of drug-likeness (QED) is 0.291. The second-order valence-electron chi connectivity index (χ2n) is 9.34. The van der Waals surface area contributed by atoms with Crippen molar-refractivity contribution in [1.29, 1.82) is 0 Å². The van der Waals surface area contributed by atoms with Crippen molar-refractivity contribution in [3.63, 3.8) is 0 Å². The van der Waals surface area contributed by atoms with Crippen molar-refractivity contribution in [2.24, 2.45) is 10.9 Å². The number of likely N-dealkylation sites (tertiary alicyclic amines) is 1. The maximum Gasteiger partial charge on any atom is 0.224 e. The van der Waals surface area contributed by atoms with E-state index in [0.717, 1.165) is 64.9 Å². The summed E-state index contributed by atoms with van der Waals surface area (Å²) in [5.41, 5.74) is 0.171. The van der Waals surface area contributed by atoms with Crippen LogP contribution in [0.3, 0.4) is 0 Å². The van der Waals surface area contributed by atoms with Gasteiger partial charge in [-0.15, -0.1) is 24.0 Å². The van der Waals surface area contributed by atoms with Crippen LogP contribution in [0.2, 0.25) is 0 Å². The van der Waals surface area contributed by atoms with Crippen LogP contribution in [0.25, 0.3) is 0 Å². The first-order valence-corrected chi connectivity index (χ1v) is 12.3. The lowest BCUT2D eigenvalue weighted by Crippen LogP contribution is -2.56. The van der Waals surface area contributed by atoms with Crippen molar-refractivity contribution in [2.75, 3.05) is 59.0 Å². The summed E-state index contributed by atoms with van der Waals surface area (Å²) in [5.74, 6) is 1.74. The first-order valence-electron chi connectivity index (χ1n) is 12.3. The van der Waals surface area contributed by atoms with E-state index in [4.69, 9.17) is 9.73 Å². The first-order chi connectivity index (χ1) is 14.6. The van der Waals surface area contributed by atoms with Crippen LogP contribution in [0.4, 0.5) is 0 Å². The van der Waals surface area contributed by atoms with E-state index in [2.05, 4.69) is 29.4 Å². The molecule has 180 valence electrons. The van der Waals surface area contributed by atoms with E-state index >= 15 is 0 Å². The van der Waals surface area contributed by atoms with Gasteiger partial charge in [0, 0.05) is 51.2 Å². The Morgan fingerprint density at radius 1 is 1.10 bits per heavy atom. The zero-order valence-corrected chi connectivity index (χ0v) is 22.0. The lowest BCUT2D eigenvalue weighted by atomic mass is 9.80. The number of aliphatic imine (C=N–C) groups is 1. The number of carbonyl (C=O) groups excluding carboxylic acids is 1. The van der Waals surface area contributed by atoms with Crippen LogP contribution in [0.5, 0.6) is 0 Å². The minimum Gasteiger partial charge on any atom is -0.379 e. The van der Waals surface area contributed by atoms with E-state index < -0.39 is 0 Å². The van der Waals surface area contributed by atoms with Gasteiger partial charge in [-0.2, -0.15) is 0 Å². The van der Waals surface area contributed by atoms with E-state index in [0.29, 0.717) is 18.9 Å². The maximum absolute atomic E-state index is 12.6. The molecule has 0 bridgehead atoms. The van der Waals surface area contributed by atoms with Crippen molar-refractivity contribution in [3.8, 4) is 0 Å². The molecule has 0 spiro atoms. The molecule has 2 saturated heterocycles. The number of hydrogen-bond donors (Lipinski definition) is 2. The topological polar surface area (TPSA) is 69.2 Å². The lowest BCUT2D eigenvalue weighted by molar-refractivity contribution is -0.132. The van der Waals surface area contributed by atoms with Crippen molar-refractivity contribution in [3.05, 3.63) is 0 Å². The van der Waals surface area contributed by atoms with Crippen LogP contribution in [0, 0.1) is 5.92 Å². The second kappa shape index (κ2) is 13.8. The van der Waals surface area contributed by atoms with Crippen LogP contribution in [0.15, 0.2) is 4.99 Å². The number of morpholine rings is 1. The van der Waals surface area contributed by atoms with Crippen LogP contribution in [-0.4, -0.2) is 86.2 Å². The van der Waals surface area contributed by atoms with Gasteiger partial charge >= 0.3 is 0 Å². The Morgan fingerprint density at radius 2 is 1.84 bits per heavy atom. The van der Waals surface area contributed by atoms with Gasteiger partial charge in [0.25, 0.3) is 0 Å². The van der Waals surface area contributed by atoms with Gasteiger partial charge in [0.1, 0.15) is 0 Å². The molecular weight excluding hydrogens is 505 g/mol. The number of amides is 1. The van der Waals surface area contributed by atoms with Gasteiger partial charge in [-0.05, 0) is 38.5 Å². The van der Waals surface area contributed by atoms with Gasteiger partial charge in [-0.1, -0.05) is 26.2 Å². The van der Waals surface area contributed by atoms with Crippen molar-refractivity contribution >= 4 is 35.8 Å². The molecule has 7 nitrogen and oxygen atoms in total. The van der Waals surface area contributed by atoms with E-state index in [9.17, 15) is 4.79 Å². The molecule has 1 unspecified atom stereocenters. The van der Waals surface area contributed by atoms with Gasteiger partial charge in [0.15, 0.2) is 5.96 Å². The number of ether oxygens (including phenoxy) is 1. The zero-order valence-electron chi connectivity index (χ0n) is 19.7. The molecule has 0 aromatic heterocycles. The van der Waals surface area contributed by atoms with E-state index in [-0.39, 0.29) is 35.4 Å². The van der Waals surface area contributed by atoms with E-state index in [1.54, 1.807) is 0 Å². The molecule has 2 heterocycles. The van der Waals surface area contributed by atoms with Crippen LogP contribution < -0.4 is 10.6 Å². The first kappa shape index (κ1) is 26.6. The number of rotatable bonds is 7. The fourth-order valence-electron chi connectivity index (χ4n) is 5.25. The van der Waals surface area contributed by atoms with Crippen LogP contribution in [0.1, 0.15) is 65.2 Å². The highest BCUT2D eigenvalue weighted by Crippen LogP contribution is 2.34. The molecule has 0 aromatic rings. The summed E-state index contributed by atoms with van der Waals surface area (Å²) in [7, 11) is 0. The molecule has 2 aliphatic heterocycles. The summed E-state index contributed by atoms with van der Waals surface area (Å²) in [6.07, 6.45) is 9.28. The van der Waals surface area contributed by atoms with Crippen molar-refractivity contribution < 1.29 is 9.53 Å². The predicted octanol–water partition coefficient (Wildman–Crippen LogP) is 2.84. The Bertz CT molecular complexity index is 562. The number of halogens is 1. The summed E-state index contributed by atoms with van der Waals surface area (Å²) in [6, 6.07) is 0. The Balaban J connectivity index is 0.00000341. The Morgan fingerprint density at radius 3 is 2.52 bits per heavy atom. The van der Waals surface area contributed by atoms with Crippen molar-refractivity contribution in [1.82, 2.24) is 20.4 Å². The number of guanidine groups is 1. The summed E-state index contributed by atoms with van der Waals surface area (Å²) in [5, 5.41) is 6.78. The Kier molecular flexibility index (Phi) is 11.9. The number of hydrogen-bond acceptors (Lipinski definition) is 4. The predicted molar refractivity (Wildman–Crippen MR) is 137 cm³/mol. The third-order valence-corrected chi connectivity index (χ3v) is 6.98. The number of piperidine rings is 1. The van der Waals surface area contributed by atoms with Gasteiger partial charge in [-0.3, -0.25) is 14.7 Å². The SMILES string of the molecule is CCNC(=NCC1(N2CCOCC2)CCCCC1)NCCC(=O)N1CCCC(C)C1.I. The van der Waals surface area contributed by atoms with Gasteiger partial charge in [0.05, 0.1) is 19.8 Å². The summed E-state index contributed by atoms with van der Waals surface area (Å²) in [6.45, 7) is 12.1. The standard InChI is InChI=1S/C23H43N5O2.HI/c1-3-24-22(25-12-9-21(29)27-13-7-8-20(2)18-27)26-19-23(10-5-4-6-11-23)28-14-16-30-17-15-28;/h20H,3-19H2,1-2H3,(H2,24,25,26);1H. The molecule has 1 atom stereocenters. The number of nitrogens with zero attached hydrogens (tertiary/aromatic N) is 3. The van der Waals surface area contributed by atoms with E-state index in [1.807, 2.05) is 4.90 Å². The monoisotopic (exact) mass is 549 g/mol. The largest absolute Gasteiger partial charge is 0.379 e. The van der Waals surface area contributed by atoms with Gasteiger partial charge in [0.2, 0.25) is 5.91 Å². The van der Waals surface area contributed by atoms with Gasteiger partial charge < -0.3 is 20.3 Å². The fourth-order valence-corrected chi connectivity index (χ4v) is 5.25. The molecule has 8 heteroatoms. The Labute approximate surface area is 206 Å². The molecule has 3 fully saturated rings. The molecule has 3 aliphatic rings. The molecule has 1 amide bonds. The molecule has 0 aromatic carbocycles. The fraction of sp³-hybridized carbons (Fsp3) is 0.913. The highest BCUT2D eigenvalue weighted by Gasteiger charge is 2.38. The highest BCUT2D eigenvalue weighted by atomic mass is 127. The maximum atomic E-state index is 12.6. The second-order valence-corrected chi connectivity index (χ2v) is 9.34. The summed E-state index contributed by atoms with van der Waals surface area (Å²) < 4.78 is 5.59. The van der Waals surface area contributed by atoms with E-state index in [1.165, 1.54) is 38.5 Å². The average molecular weight is 550 g/mol. The summed E-state index contributed by atoms with van der Waals surface area (Å²) in [4.78, 5) is 22.2. The van der Waals surface area contributed by atoms with Gasteiger partial charge in [-0.25, -0.2) is 0 Å². The molecule has 0 radical (unpaired) electrons.